The zero-order chi connectivity index (χ0) is 18.8. The van der Waals surface area contributed by atoms with Crippen LogP contribution in [0.4, 0.5) is 0 Å². The lowest BCUT2D eigenvalue weighted by Crippen LogP contribution is -2.22. The van der Waals surface area contributed by atoms with E-state index in [1.807, 2.05) is 50.2 Å². The monoisotopic (exact) mass is 414 g/mol. The van der Waals surface area contributed by atoms with E-state index in [-0.39, 0.29) is 12.5 Å². The Morgan fingerprint density at radius 2 is 1.96 bits per heavy atom. The van der Waals surface area contributed by atoms with Crippen molar-refractivity contribution >= 4 is 32.6 Å². The first-order valence-corrected chi connectivity index (χ1v) is 9.62. The molecule has 1 atom stereocenters. The fourth-order valence-electron chi connectivity index (χ4n) is 3.34. The fraction of sp³-hybridized carbons (Fsp3) is 0.333. The van der Waals surface area contributed by atoms with Gasteiger partial charge in [-0.05, 0) is 64.5 Å². The fourth-order valence-corrected chi connectivity index (χ4v) is 3.95. The molecule has 0 radical (unpaired) electrons. The lowest BCUT2D eigenvalue weighted by Gasteiger charge is -2.11. The molecule has 136 valence electrons. The van der Waals surface area contributed by atoms with Gasteiger partial charge in [0.1, 0.15) is 5.75 Å². The second kappa shape index (κ2) is 7.62. The minimum absolute atomic E-state index is 0.0567. The van der Waals surface area contributed by atoms with Gasteiger partial charge in [-0.2, -0.15) is 5.10 Å². The van der Waals surface area contributed by atoms with Crippen molar-refractivity contribution in [3.8, 4) is 5.75 Å². The Hall–Kier alpha value is -2.14. The van der Waals surface area contributed by atoms with E-state index in [2.05, 4.69) is 34.9 Å². The molecule has 0 aliphatic rings. The van der Waals surface area contributed by atoms with Gasteiger partial charge in [-0.3, -0.25) is 4.79 Å². The second-order valence-corrected chi connectivity index (χ2v) is 7.38. The summed E-state index contributed by atoms with van der Waals surface area (Å²) >= 11 is 3.59. The van der Waals surface area contributed by atoms with Crippen LogP contribution in [-0.4, -0.2) is 22.3 Å². The number of nitrogens with zero attached hydrogens (tertiary/aromatic N) is 2. The molecule has 1 unspecified atom stereocenters. The Morgan fingerprint density at radius 3 is 2.69 bits per heavy atom. The first-order chi connectivity index (χ1) is 12.4. The van der Waals surface area contributed by atoms with Gasteiger partial charge < -0.3 is 4.74 Å². The number of benzene rings is 2. The largest absolute Gasteiger partial charge is 0.482 e. The molecule has 4 nitrogen and oxygen atoms in total. The molecule has 0 saturated heterocycles. The predicted molar refractivity (Wildman–Crippen MR) is 108 cm³/mol. The van der Waals surface area contributed by atoms with E-state index >= 15 is 0 Å². The molecule has 1 aromatic heterocycles. The van der Waals surface area contributed by atoms with E-state index in [1.54, 1.807) is 0 Å². The highest BCUT2D eigenvalue weighted by Crippen LogP contribution is 2.33. The van der Waals surface area contributed by atoms with Crippen molar-refractivity contribution in [1.82, 2.24) is 9.78 Å². The van der Waals surface area contributed by atoms with Crippen LogP contribution in [0.25, 0.3) is 10.8 Å². The van der Waals surface area contributed by atoms with Crippen molar-refractivity contribution < 1.29 is 9.53 Å². The van der Waals surface area contributed by atoms with Gasteiger partial charge in [0, 0.05) is 5.69 Å². The topological polar surface area (TPSA) is 44.1 Å². The molecule has 0 aliphatic heterocycles. The van der Waals surface area contributed by atoms with Crippen molar-refractivity contribution in [2.45, 2.75) is 40.0 Å². The number of halogens is 1. The molecule has 0 saturated carbocycles. The average molecular weight is 415 g/mol. The quantitative estimate of drug-likeness (QED) is 0.541. The van der Waals surface area contributed by atoms with Crippen LogP contribution in [0.1, 0.15) is 47.9 Å². The van der Waals surface area contributed by atoms with E-state index in [0.717, 1.165) is 38.6 Å². The van der Waals surface area contributed by atoms with Crippen LogP contribution >= 0.6 is 15.9 Å². The number of fused-ring (bicyclic) bond motifs is 1. The van der Waals surface area contributed by atoms with Crippen LogP contribution in [0, 0.1) is 13.8 Å². The van der Waals surface area contributed by atoms with E-state index in [0.29, 0.717) is 11.7 Å². The number of carbonyl (C=O) groups excluding carboxylic acids is 1. The Morgan fingerprint density at radius 1 is 1.23 bits per heavy atom. The van der Waals surface area contributed by atoms with Crippen LogP contribution < -0.4 is 4.74 Å². The molecule has 1 heterocycles. The first kappa shape index (κ1) is 18.6. The van der Waals surface area contributed by atoms with Crippen molar-refractivity contribution in [3.05, 3.63) is 57.8 Å². The van der Waals surface area contributed by atoms with Gasteiger partial charge in [0.05, 0.1) is 10.2 Å². The standard InChI is InChI=1S/C21H23BrN2O2/c1-5-13(2)20-14(3)23-24(15(20)4)19(25)12-26-18-11-10-16-8-6-7-9-17(16)21(18)22/h6-11,13H,5,12H2,1-4H3. The van der Waals surface area contributed by atoms with Gasteiger partial charge in [0.25, 0.3) is 5.91 Å². The van der Waals surface area contributed by atoms with E-state index in [1.165, 1.54) is 4.68 Å². The number of hydrogen-bond acceptors (Lipinski definition) is 3. The summed E-state index contributed by atoms with van der Waals surface area (Å²) < 4.78 is 8.13. The van der Waals surface area contributed by atoms with E-state index < -0.39 is 0 Å². The smallest absolute Gasteiger partial charge is 0.284 e. The molecule has 0 N–H and O–H groups in total. The number of aryl methyl sites for hydroxylation is 1. The molecule has 2 aromatic carbocycles. The minimum atomic E-state index is -0.166. The van der Waals surface area contributed by atoms with Crippen LogP contribution in [0.5, 0.6) is 5.75 Å². The summed E-state index contributed by atoms with van der Waals surface area (Å²) in [5.74, 6) is 0.869. The van der Waals surface area contributed by atoms with Gasteiger partial charge in [-0.25, -0.2) is 4.68 Å². The lowest BCUT2D eigenvalue weighted by atomic mass is 9.97. The predicted octanol–water partition coefficient (Wildman–Crippen LogP) is 5.65. The summed E-state index contributed by atoms with van der Waals surface area (Å²) in [6.07, 6.45) is 1.02. The van der Waals surface area contributed by atoms with Crippen LogP contribution in [0.15, 0.2) is 40.9 Å². The molecular weight excluding hydrogens is 392 g/mol. The van der Waals surface area contributed by atoms with Gasteiger partial charge in [-0.1, -0.05) is 44.2 Å². The van der Waals surface area contributed by atoms with Crippen molar-refractivity contribution in [2.24, 2.45) is 0 Å². The highest BCUT2D eigenvalue weighted by Gasteiger charge is 2.20. The van der Waals surface area contributed by atoms with Gasteiger partial charge in [0.2, 0.25) is 0 Å². The Kier molecular flexibility index (Phi) is 5.47. The lowest BCUT2D eigenvalue weighted by molar-refractivity contribution is 0.0817. The van der Waals surface area contributed by atoms with Crippen LogP contribution in [-0.2, 0) is 0 Å². The SMILES string of the molecule is CCC(C)c1c(C)nn(C(=O)COc2ccc3ccccc3c2Br)c1C. The zero-order valence-corrected chi connectivity index (χ0v) is 17.1. The Balaban J connectivity index is 1.81. The van der Waals surface area contributed by atoms with Crippen LogP contribution in [0.3, 0.4) is 0 Å². The molecule has 0 aliphatic carbocycles. The summed E-state index contributed by atoms with van der Waals surface area (Å²) in [6, 6.07) is 11.9. The molecule has 0 bridgehead atoms. The molecule has 0 spiro atoms. The third-order valence-corrected chi connectivity index (χ3v) is 5.69. The number of carbonyl (C=O) groups is 1. The molecule has 3 rings (SSSR count). The molecule has 26 heavy (non-hydrogen) atoms. The van der Waals surface area contributed by atoms with Gasteiger partial charge >= 0.3 is 0 Å². The molecule has 3 aromatic rings. The molecular formula is C21H23BrN2O2. The van der Waals surface area contributed by atoms with Crippen molar-refractivity contribution in [3.63, 3.8) is 0 Å². The normalized spacial score (nSPS) is 12.3. The minimum Gasteiger partial charge on any atom is -0.482 e. The second-order valence-electron chi connectivity index (χ2n) is 6.59. The average Bonchev–Trinajstić information content (AvgIpc) is 2.95. The molecule has 5 heteroatoms. The van der Waals surface area contributed by atoms with Crippen LogP contribution in [0.2, 0.25) is 0 Å². The van der Waals surface area contributed by atoms with Crippen molar-refractivity contribution in [2.75, 3.05) is 6.61 Å². The highest BCUT2D eigenvalue weighted by molar-refractivity contribution is 9.10. The maximum Gasteiger partial charge on any atom is 0.284 e. The Labute approximate surface area is 162 Å². The van der Waals surface area contributed by atoms with Crippen molar-refractivity contribution in [1.29, 1.82) is 0 Å². The maximum atomic E-state index is 12.7. The van der Waals surface area contributed by atoms with Gasteiger partial charge in [-0.15, -0.1) is 0 Å². The third-order valence-electron chi connectivity index (χ3n) is 4.87. The zero-order valence-electron chi connectivity index (χ0n) is 15.5. The molecule has 0 fully saturated rings. The highest BCUT2D eigenvalue weighted by atomic mass is 79.9. The number of aromatic nitrogens is 2. The number of hydrogen-bond donors (Lipinski definition) is 0. The number of ether oxygens (including phenoxy) is 1. The summed E-state index contributed by atoms with van der Waals surface area (Å²) in [6.45, 7) is 8.15. The van der Waals surface area contributed by atoms with Gasteiger partial charge in [0.15, 0.2) is 6.61 Å². The summed E-state index contributed by atoms with van der Waals surface area (Å²) in [4.78, 5) is 12.7. The Bertz CT molecular complexity index is 962. The first-order valence-electron chi connectivity index (χ1n) is 8.83. The summed E-state index contributed by atoms with van der Waals surface area (Å²) in [5, 5.41) is 6.62. The maximum absolute atomic E-state index is 12.7. The third kappa shape index (κ3) is 3.40. The number of rotatable bonds is 5. The van der Waals surface area contributed by atoms with E-state index in [9.17, 15) is 4.79 Å². The summed E-state index contributed by atoms with van der Waals surface area (Å²) in [7, 11) is 0. The van der Waals surface area contributed by atoms with E-state index in [4.69, 9.17) is 4.74 Å². The summed E-state index contributed by atoms with van der Waals surface area (Å²) in [5.41, 5.74) is 2.98. The molecule has 0 amide bonds.